The van der Waals surface area contributed by atoms with Crippen LogP contribution in [0.5, 0.6) is 0 Å². The summed E-state index contributed by atoms with van der Waals surface area (Å²) in [5.41, 5.74) is 3.36. The summed E-state index contributed by atoms with van der Waals surface area (Å²) in [5.74, 6) is -0.297. The third kappa shape index (κ3) is 3.72. The lowest BCUT2D eigenvalue weighted by molar-refractivity contribution is -0.116. The predicted octanol–water partition coefficient (Wildman–Crippen LogP) is 3.75. The molecular formula is C21H20N2O3. The number of pyridine rings is 1. The number of ketones is 1. The fraction of sp³-hybridized carbons (Fsp3) is 0.190. The van der Waals surface area contributed by atoms with Gasteiger partial charge in [-0.15, -0.1) is 0 Å². The van der Waals surface area contributed by atoms with Crippen molar-refractivity contribution in [2.75, 3.05) is 5.32 Å². The van der Waals surface area contributed by atoms with Gasteiger partial charge in [0.25, 0.3) is 5.56 Å². The van der Waals surface area contributed by atoms with Crippen LogP contribution in [0.1, 0.15) is 34.3 Å². The molecule has 1 amide bonds. The van der Waals surface area contributed by atoms with Crippen LogP contribution < -0.4 is 10.9 Å². The van der Waals surface area contributed by atoms with Crippen LogP contribution in [0.15, 0.2) is 53.3 Å². The van der Waals surface area contributed by atoms with Crippen LogP contribution >= 0.6 is 0 Å². The van der Waals surface area contributed by atoms with Crippen LogP contribution in [-0.2, 0) is 4.79 Å². The highest BCUT2D eigenvalue weighted by molar-refractivity contribution is 6.00. The first-order valence-electron chi connectivity index (χ1n) is 8.47. The number of rotatable bonds is 5. The van der Waals surface area contributed by atoms with Crippen LogP contribution in [0.4, 0.5) is 5.69 Å². The van der Waals surface area contributed by atoms with Crippen molar-refractivity contribution in [1.82, 2.24) is 4.98 Å². The van der Waals surface area contributed by atoms with Crippen molar-refractivity contribution >= 4 is 28.3 Å². The molecule has 0 bridgehead atoms. The minimum Gasteiger partial charge on any atom is -0.326 e. The number of fused-ring (bicyclic) bond motifs is 1. The molecule has 0 spiro atoms. The molecule has 0 fully saturated rings. The number of hydrogen-bond acceptors (Lipinski definition) is 3. The van der Waals surface area contributed by atoms with Gasteiger partial charge < -0.3 is 10.3 Å². The van der Waals surface area contributed by atoms with E-state index in [2.05, 4.69) is 10.3 Å². The quantitative estimate of drug-likeness (QED) is 0.689. The molecule has 0 atom stereocenters. The lowest BCUT2D eigenvalue weighted by atomic mass is 10.1. The summed E-state index contributed by atoms with van der Waals surface area (Å²) in [7, 11) is 0. The number of Topliss-reactive ketones (excluding diaryl/α,β-unsaturated/α-hetero) is 1. The van der Waals surface area contributed by atoms with Crippen molar-refractivity contribution in [2.24, 2.45) is 0 Å². The highest BCUT2D eigenvalue weighted by Gasteiger charge is 2.10. The van der Waals surface area contributed by atoms with Gasteiger partial charge in [0.05, 0.1) is 5.52 Å². The lowest BCUT2D eigenvalue weighted by Gasteiger charge is -2.09. The first kappa shape index (κ1) is 17.6. The molecule has 2 aromatic carbocycles. The fourth-order valence-electron chi connectivity index (χ4n) is 2.86. The number of benzene rings is 2. The third-order valence-electron chi connectivity index (χ3n) is 4.53. The maximum Gasteiger partial charge on any atom is 0.251 e. The van der Waals surface area contributed by atoms with Gasteiger partial charge in [-0.25, -0.2) is 0 Å². The van der Waals surface area contributed by atoms with Gasteiger partial charge in [0, 0.05) is 35.0 Å². The summed E-state index contributed by atoms with van der Waals surface area (Å²) in [6.45, 7) is 3.69. The second-order valence-electron chi connectivity index (χ2n) is 6.30. The van der Waals surface area contributed by atoms with Crippen molar-refractivity contribution in [1.29, 1.82) is 0 Å². The SMILES string of the molecule is Cc1c(C)c2ccc(NC(=O)CCC(=O)c3ccccc3)cc2[nH]c1=O. The van der Waals surface area contributed by atoms with E-state index in [1.807, 2.05) is 19.1 Å². The molecule has 3 aromatic rings. The number of amides is 1. The van der Waals surface area contributed by atoms with Gasteiger partial charge in [-0.1, -0.05) is 36.4 Å². The van der Waals surface area contributed by atoms with E-state index in [0.717, 1.165) is 10.9 Å². The number of aromatic amines is 1. The van der Waals surface area contributed by atoms with E-state index in [4.69, 9.17) is 0 Å². The number of carbonyl (C=O) groups is 2. The summed E-state index contributed by atoms with van der Waals surface area (Å²) in [6.07, 6.45) is 0.258. The van der Waals surface area contributed by atoms with Crippen molar-refractivity contribution in [3.05, 3.63) is 75.6 Å². The van der Waals surface area contributed by atoms with E-state index in [1.165, 1.54) is 0 Å². The topological polar surface area (TPSA) is 79.0 Å². The van der Waals surface area contributed by atoms with Crippen LogP contribution in [0.2, 0.25) is 0 Å². The summed E-state index contributed by atoms with van der Waals surface area (Å²) in [5, 5.41) is 3.73. The van der Waals surface area contributed by atoms with Crippen molar-refractivity contribution in [3.8, 4) is 0 Å². The Bertz CT molecular complexity index is 1040. The van der Waals surface area contributed by atoms with Gasteiger partial charge in [-0.05, 0) is 31.5 Å². The van der Waals surface area contributed by atoms with E-state index >= 15 is 0 Å². The van der Waals surface area contributed by atoms with E-state index in [-0.39, 0.29) is 30.1 Å². The summed E-state index contributed by atoms with van der Waals surface area (Å²) in [6, 6.07) is 14.3. The van der Waals surface area contributed by atoms with E-state index in [9.17, 15) is 14.4 Å². The zero-order chi connectivity index (χ0) is 18.7. The largest absolute Gasteiger partial charge is 0.326 e. The van der Waals surface area contributed by atoms with Gasteiger partial charge in [-0.2, -0.15) is 0 Å². The lowest BCUT2D eigenvalue weighted by Crippen LogP contribution is -2.14. The molecule has 1 heterocycles. The molecular weight excluding hydrogens is 328 g/mol. The van der Waals surface area contributed by atoms with Crippen LogP contribution in [0.3, 0.4) is 0 Å². The standard InChI is InChI=1S/C21H20N2O3/c1-13-14(2)21(26)23-18-12-16(8-9-17(13)18)22-20(25)11-10-19(24)15-6-4-3-5-7-15/h3-9,12H,10-11H2,1-2H3,(H,22,25)(H,23,26). The monoisotopic (exact) mass is 348 g/mol. The van der Waals surface area contributed by atoms with Gasteiger partial charge >= 0.3 is 0 Å². The molecule has 5 heteroatoms. The number of hydrogen-bond donors (Lipinski definition) is 2. The maximum atomic E-state index is 12.1. The Morgan fingerprint density at radius 3 is 2.42 bits per heavy atom. The van der Waals surface area contributed by atoms with E-state index in [1.54, 1.807) is 43.3 Å². The molecule has 0 aliphatic heterocycles. The van der Waals surface area contributed by atoms with Gasteiger partial charge in [-0.3, -0.25) is 14.4 Å². The highest BCUT2D eigenvalue weighted by atomic mass is 16.2. The number of anilines is 1. The zero-order valence-electron chi connectivity index (χ0n) is 14.8. The summed E-state index contributed by atoms with van der Waals surface area (Å²) >= 11 is 0. The van der Waals surface area contributed by atoms with Crippen molar-refractivity contribution < 1.29 is 9.59 Å². The molecule has 0 radical (unpaired) electrons. The Balaban J connectivity index is 1.69. The second-order valence-corrected chi connectivity index (χ2v) is 6.30. The van der Waals surface area contributed by atoms with Crippen LogP contribution in [0, 0.1) is 13.8 Å². The van der Waals surface area contributed by atoms with E-state index in [0.29, 0.717) is 22.3 Å². The molecule has 0 saturated carbocycles. The Hall–Kier alpha value is -3.21. The van der Waals surface area contributed by atoms with Crippen molar-refractivity contribution in [2.45, 2.75) is 26.7 Å². The minimum absolute atomic E-state index is 0.0605. The smallest absolute Gasteiger partial charge is 0.251 e. The number of aryl methyl sites for hydroxylation is 1. The predicted molar refractivity (Wildman–Crippen MR) is 103 cm³/mol. The molecule has 132 valence electrons. The first-order valence-corrected chi connectivity index (χ1v) is 8.47. The fourth-order valence-corrected chi connectivity index (χ4v) is 2.86. The third-order valence-corrected chi connectivity index (χ3v) is 4.53. The van der Waals surface area contributed by atoms with Gasteiger partial charge in [0.1, 0.15) is 0 Å². The first-order chi connectivity index (χ1) is 12.5. The Labute approximate surface area is 151 Å². The zero-order valence-corrected chi connectivity index (χ0v) is 14.8. The molecule has 1 aromatic heterocycles. The average Bonchev–Trinajstić information content (AvgIpc) is 2.65. The molecule has 0 saturated heterocycles. The second kappa shape index (κ2) is 7.35. The number of aromatic nitrogens is 1. The number of H-pyrrole nitrogens is 1. The van der Waals surface area contributed by atoms with Crippen LogP contribution in [0.25, 0.3) is 10.9 Å². The average molecular weight is 348 g/mol. The molecule has 0 aliphatic carbocycles. The maximum absolute atomic E-state index is 12.1. The minimum atomic E-state index is -0.236. The van der Waals surface area contributed by atoms with E-state index < -0.39 is 0 Å². The Morgan fingerprint density at radius 1 is 0.962 bits per heavy atom. The van der Waals surface area contributed by atoms with Crippen molar-refractivity contribution in [3.63, 3.8) is 0 Å². The molecule has 0 aliphatic rings. The highest BCUT2D eigenvalue weighted by Crippen LogP contribution is 2.21. The molecule has 0 unspecified atom stereocenters. The van der Waals surface area contributed by atoms with Gasteiger partial charge in [0.2, 0.25) is 5.91 Å². The van der Waals surface area contributed by atoms with Gasteiger partial charge in [0.15, 0.2) is 5.78 Å². The Kier molecular flexibility index (Phi) is 4.98. The molecule has 26 heavy (non-hydrogen) atoms. The normalized spacial score (nSPS) is 10.7. The number of nitrogens with one attached hydrogen (secondary N) is 2. The number of carbonyl (C=O) groups excluding carboxylic acids is 2. The summed E-state index contributed by atoms with van der Waals surface area (Å²) < 4.78 is 0. The Morgan fingerprint density at radius 2 is 1.69 bits per heavy atom. The molecule has 3 rings (SSSR count). The van der Waals surface area contributed by atoms with Crippen LogP contribution in [-0.4, -0.2) is 16.7 Å². The summed E-state index contributed by atoms with van der Waals surface area (Å²) in [4.78, 5) is 38.9. The molecule has 2 N–H and O–H groups in total. The molecule has 5 nitrogen and oxygen atoms in total.